The topological polar surface area (TPSA) is 204 Å². The van der Waals surface area contributed by atoms with Crippen LogP contribution in [0.25, 0.3) is 10.9 Å². The minimum absolute atomic E-state index is 0.0626. The van der Waals surface area contributed by atoms with Crippen molar-refractivity contribution in [3.8, 4) is 0 Å². The second-order valence-electron chi connectivity index (χ2n) is 7.96. The molecular weight excluding hydrogens is 446 g/mol. The summed E-state index contributed by atoms with van der Waals surface area (Å²) in [6.45, 7) is 2.66. The lowest BCUT2D eigenvalue weighted by atomic mass is 10.0. The molecule has 1 aromatic heterocycles. The van der Waals surface area contributed by atoms with Gasteiger partial charge in [-0.25, -0.2) is 0 Å². The van der Waals surface area contributed by atoms with Crippen LogP contribution in [0.3, 0.4) is 0 Å². The SMILES string of the molecule is CC(NC(=O)C(C)NC(=O)C(Cc1c[nH]c2ccccc12)NC(=O)C(N)CCC(=O)O)C(=O)O. The van der Waals surface area contributed by atoms with Crippen LogP contribution in [-0.2, 0) is 30.4 Å². The lowest BCUT2D eigenvalue weighted by molar-refractivity contribution is -0.141. The number of carboxylic acid groups (broad SMARTS) is 2. The van der Waals surface area contributed by atoms with Gasteiger partial charge in [-0.2, -0.15) is 0 Å². The molecule has 34 heavy (non-hydrogen) atoms. The number of hydrogen-bond donors (Lipinski definition) is 7. The Balaban J connectivity index is 2.17. The molecule has 2 aromatic rings. The van der Waals surface area contributed by atoms with E-state index in [2.05, 4.69) is 20.9 Å². The Bertz CT molecular complexity index is 1070. The summed E-state index contributed by atoms with van der Waals surface area (Å²) in [4.78, 5) is 62.6. The van der Waals surface area contributed by atoms with Crippen molar-refractivity contribution in [3.63, 3.8) is 0 Å². The van der Waals surface area contributed by atoms with Gasteiger partial charge in [-0.15, -0.1) is 0 Å². The molecule has 4 atom stereocenters. The number of nitrogens with one attached hydrogen (secondary N) is 4. The van der Waals surface area contributed by atoms with Crippen molar-refractivity contribution in [1.29, 1.82) is 0 Å². The number of amides is 3. The molecule has 4 unspecified atom stereocenters. The molecule has 1 heterocycles. The Kier molecular flexibility index (Phi) is 9.13. The molecule has 1 aromatic carbocycles. The molecule has 184 valence electrons. The number of carboxylic acids is 2. The normalized spacial score (nSPS) is 14.4. The summed E-state index contributed by atoms with van der Waals surface area (Å²) in [6, 6.07) is 2.85. The van der Waals surface area contributed by atoms with Gasteiger partial charge in [-0.05, 0) is 31.9 Å². The fourth-order valence-electron chi connectivity index (χ4n) is 3.20. The number of fused-ring (bicyclic) bond motifs is 1. The number of aliphatic carboxylic acids is 2. The van der Waals surface area contributed by atoms with Crippen LogP contribution >= 0.6 is 0 Å². The van der Waals surface area contributed by atoms with Gasteiger partial charge in [0.15, 0.2) is 0 Å². The number of aromatic nitrogens is 1. The van der Waals surface area contributed by atoms with E-state index in [0.29, 0.717) is 0 Å². The highest BCUT2D eigenvalue weighted by atomic mass is 16.4. The third-order valence-corrected chi connectivity index (χ3v) is 5.22. The Hall–Kier alpha value is -3.93. The van der Waals surface area contributed by atoms with Crippen LogP contribution in [0.2, 0.25) is 0 Å². The van der Waals surface area contributed by atoms with E-state index in [1.54, 1.807) is 6.20 Å². The molecule has 0 fully saturated rings. The maximum Gasteiger partial charge on any atom is 0.325 e. The Morgan fingerprint density at radius 2 is 1.59 bits per heavy atom. The first-order chi connectivity index (χ1) is 16.0. The monoisotopic (exact) mass is 475 g/mol. The second kappa shape index (κ2) is 11.8. The Morgan fingerprint density at radius 3 is 2.24 bits per heavy atom. The van der Waals surface area contributed by atoms with Gasteiger partial charge < -0.3 is 36.9 Å². The summed E-state index contributed by atoms with van der Waals surface area (Å²) in [5, 5.41) is 25.9. The largest absolute Gasteiger partial charge is 0.481 e. The van der Waals surface area contributed by atoms with E-state index in [-0.39, 0.29) is 19.3 Å². The van der Waals surface area contributed by atoms with Crippen molar-refractivity contribution in [1.82, 2.24) is 20.9 Å². The summed E-state index contributed by atoms with van der Waals surface area (Å²) in [7, 11) is 0. The van der Waals surface area contributed by atoms with Gasteiger partial charge >= 0.3 is 11.9 Å². The molecule has 0 saturated carbocycles. The predicted octanol–water partition coefficient (Wildman–Crippen LogP) is -0.519. The number of aromatic amines is 1. The van der Waals surface area contributed by atoms with E-state index in [0.717, 1.165) is 16.5 Å². The predicted molar refractivity (Wildman–Crippen MR) is 122 cm³/mol. The van der Waals surface area contributed by atoms with E-state index < -0.39 is 53.8 Å². The number of hydrogen-bond acceptors (Lipinski definition) is 6. The molecule has 0 spiro atoms. The van der Waals surface area contributed by atoms with Gasteiger partial charge in [0.05, 0.1) is 6.04 Å². The van der Waals surface area contributed by atoms with Crippen molar-refractivity contribution in [2.45, 2.75) is 57.3 Å². The first-order valence-electron chi connectivity index (χ1n) is 10.7. The number of para-hydroxylation sites is 1. The number of carbonyl (C=O) groups is 5. The van der Waals surface area contributed by atoms with Crippen LogP contribution in [-0.4, -0.2) is 69.0 Å². The first-order valence-corrected chi connectivity index (χ1v) is 10.7. The minimum Gasteiger partial charge on any atom is -0.481 e. The lowest BCUT2D eigenvalue weighted by Crippen LogP contribution is -2.56. The van der Waals surface area contributed by atoms with Crippen LogP contribution < -0.4 is 21.7 Å². The molecule has 8 N–H and O–H groups in total. The standard InChI is InChI=1S/C22H29N5O7/c1-11(19(30)26-12(2)22(33)34)25-21(32)17(27-20(31)15(23)7-8-18(28)29)9-13-10-24-16-6-4-3-5-14(13)16/h3-6,10-12,15,17,24H,7-9,23H2,1-2H3,(H,25,32)(H,26,30)(H,27,31)(H,28,29)(H,33,34). The summed E-state index contributed by atoms with van der Waals surface area (Å²) >= 11 is 0. The van der Waals surface area contributed by atoms with Crippen molar-refractivity contribution in [2.24, 2.45) is 5.73 Å². The van der Waals surface area contributed by atoms with E-state index in [1.807, 2.05) is 24.3 Å². The van der Waals surface area contributed by atoms with Gasteiger partial charge in [0.2, 0.25) is 17.7 Å². The number of benzene rings is 1. The molecular formula is C22H29N5O7. The molecule has 0 saturated heterocycles. The van der Waals surface area contributed by atoms with Gasteiger partial charge in [0.1, 0.15) is 18.1 Å². The maximum absolute atomic E-state index is 13.0. The molecule has 0 aliphatic carbocycles. The van der Waals surface area contributed by atoms with Crippen LogP contribution in [0.1, 0.15) is 32.3 Å². The molecule has 0 aliphatic heterocycles. The summed E-state index contributed by atoms with van der Waals surface area (Å²) in [5.74, 6) is -4.44. The fourth-order valence-corrected chi connectivity index (χ4v) is 3.20. The van der Waals surface area contributed by atoms with Crippen molar-refractivity contribution in [2.75, 3.05) is 0 Å². The maximum atomic E-state index is 13.0. The third kappa shape index (κ3) is 7.30. The molecule has 12 heteroatoms. The van der Waals surface area contributed by atoms with Crippen molar-refractivity contribution < 1.29 is 34.2 Å². The average molecular weight is 476 g/mol. The highest BCUT2D eigenvalue weighted by molar-refractivity contribution is 5.94. The quantitative estimate of drug-likeness (QED) is 0.212. The zero-order valence-electron chi connectivity index (χ0n) is 18.8. The van der Waals surface area contributed by atoms with Gasteiger partial charge in [-0.3, -0.25) is 24.0 Å². The smallest absolute Gasteiger partial charge is 0.325 e. The van der Waals surface area contributed by atoms with E-state index in [1.165, 1.54) is 13.8 Å². The van der Waals surface area contributed by atoms with Crippen LogP contribution in [0.5, 0.6) is 0 Å². The molecule has 0 radical (unpaired) electrons. The zero-order valence-corrected chi connectivity index (χ0v) is 18.8. The summed E-state index contributed by atoms with van der Waals surface area (Å²) in [6.07, 6.45) is 1.33. The van der Waals surface area contributed by atoms with Crippen LogP contribution in [0.4, 0.5) is 0 Å². The highest BCUT2D eigenvalue weighted by Crippen LogP contribution is 2.19. The summed E-state index contributed by atoms with van der Waals surface area (Å²) < 4.78 is 0. The molecule has 3 amide bonds. The lowest BCUT2D eigenvalue weighted by Gasteiger charge is -2.23. The van der Waals surface area contributed by atoms with Gasteiger partial charge in [0.25, 0.3) is 0 Å². The Morgan fingerprint density at radius 1 is 0.941 bits per heavy atom. The molecule has 12 nitrogen and oxygen atoms in total. The van der Waals surface area contributed by atoms with Crippen LogP contribution in [0.15, 0.2) is 30.5 Å². The molecule has 2 rings (SSSR count). The molecule has 0 aliphatic rings. The third-order valence-electron chi connectivity index (χ3n) is 5.22. The number of rotatable bonds is 12. The summed E-state index contributed by atoms with van der Waals surface area (Å²) in [5.41, 5.74) is 7.34. The van der Waals surface area contributed by atoms with Crippen molar-refractivity contribution >= 4 is 40.6 Å². The Labute approximate surface area is 195 Å². The van der Waals surface area contributed by atoms with Gasteiger partial charge in [-0.1, -0.05) is 18.2 Å². The van der Waals surface area contributed by atoms with E-state index in [4.69, 9.17) is 15.9 Å². The highest BCUT2D eigenvalue weighted by Gasteiger charge is 2.28. The zero-order chi connectivity index (χ0) is 25.4. The van der Waals surface area contributed by atoms with Crippen LogP contribution in [0, 0.1) is 0 Å². The van der Waals surface area contributed by atoms with E-state index >= 15 is 0 Å². The number of carbonyl (C=O) groups excluding carboxylic acids is 3. The second-order valence-corrected chi connectivity index (χ2v) is 7.96. The fraction of sp³-hybridized carbons (Fsp3) is 0.409. The van der Waals surface area contributed by atoms with E-state index in [9.17, 15) is 24.0 Å². The van der Waals surface area contributed by atoms with Crippen molar-refractivity contribution in [3.05, 3.63) is 36.0 Å². The number of H-pyrrole nitrogens is 1. The number of nitrogens with two attached hydrogens (primary N) is 1. The molecule has 0 bridgehead atoms. The minimum atomic E-state index is -1.23. The van der Waals surface area contributed by atoms with Gasteiger partial charge in [0, 0.05) is 29.9 Å². The first kappa shape index (κ1) is 26.3. The average Bonchev–Trinajstić information content (AvgIpc) is 3.19.